The van der Waals surface area contributed by atoms with Crippen LogP contribution in [0.5, 0.6) is 5.75 Å². The molecule has 1 heterocycles. The molecule has 162 valence electrons. The summed E-state index contributed by atoms with van der Waals surface area (Å²) in [5.74, 6) is -0.355. The van der Waals surface area contributed by atoms with Crippen LogP contribution in [0.1, 0.15) is 55.1 Å². The zero-order chi connectivity index (χ0) is 21.9. The molecule has 0 saturated carbocycles. The third-order valence-corrected chi connectivity index (χ3v) is 7.19. The number of benzene rings is 2. The smallest absolute Gasteiger partial charge is 0.338 e. The molecule has 1 saturated heterocycles. The number of carbonyl (C=O) groups excluding carboxylic acids is 1. The molecule has 0 aromatic heterocycles. The molecule has 0 radical (unpaired) electrons. The van der Waals surface area contributed by atoms with E-state index in [4.69, 9.17) is 9.47 Å². The van der Waals surface area contributed by atoms with Crippen molar-refractivity contribution in [3.8, 4) is 5.75 Å². The van der Waals surface area contributed by atoms with Gasteiger partial charge in [0.05, 0.1) is 12.7 Å². The van der Waals surface area contributed by atoms with E-state index in [1.54, 1.807) is 0 Å². The summed E-state index contributed by atoms with van der Waals surface area (Å²) in [6.45, 7) is 7.48. The minimum atomic E-state index is -3.72. The van der Waals surface area contributed by atoms with Gasteiger partial charge in [0.2, 0.25) is 10.0 Å². The highest BCUT2D eigenvalue weighted by atomic mass is 32.2. The Morgan fingerprint density at radius 3 is 2.23 bits per heavy atom. The number of methoxy groups -OCH3 is 1. The zero-order valence-electron chi connectivity index (χ0n) is 18.0. The molecule has 2 aromatic rings. The summed E-state index contributed by atoms with van der Waals surface area (Å²) in [5, 5.41) is 0. The standard InChI is InChI=1S/C23H29NO5S/c1-23(2,3)19-10-7-17(8-11-19)16-29-22(25)18-9-12-20(28-4)21(15-18)30(26,27)24-13-5-6-14-24/h7-12,15H,5-6,13-14,16H2,1-4H3. The average Bonchev–Trinajstić information content (AvgIpc) is 3.27. The number of hydrogen-bond donors (Lipinski definition) is 0. The Kier molecular flexibility index (Phi) is 6.53. The Balaban J connectivity index is 1.76. The number of hydrogen-bond acceptors (Lipinski definition) is 5. The molecule has 6 nitrogen and oxygen atoms in total. The van der Waals surface area contributed by atoms with Crippen molar-refractivity contribution < 1.29 is 22.7 Å². The van der Waals surface area contributed by atoms with Crippen molar-refractivity contribution in [3.63, 3.8) is 0 Å². The maximum absolute atomic E-state index is 13.0. The highest BCUT2D eigenvalue weighted by Crippen LogP contribution is 2.30. The van der Waals surface area contributed by atoms with Crippen LogP contribution in [-0.4, -0.2) is 38.9 Å². The van der Waals surface area contributed by atoms with E-state index >= 15 is 0 Å². The Bertz CT molecular complexity index is 1000. The summed E-state index contributed by atoms with van der Waals surface area (Å²) in [6.07, 6.45) is 1.66. The number of carbonyl (C=O) groups is 1. The van der Waals surface area contributed by atoms with Crippen LogP contribution in [-0.2, 0) is 26.8 Å². The molecule has 0 bridgehead atoms. The fourth-order valence-corrected chi connectivity index (χ4v) is 5.10. The molecule has 1 aliphatic rings. The number of nitrogens with zero attached hydrogens (tertiary/aromatic N) is 1. The molecule has 1 aliphatic heterocycles. The Labute approximate surface area is 178 Å². The van der Waals surface area contributed by atoms with Crippen molar-refractivity contribution in [3.05, 3.63) is 59.2 Å². The van der Waals surface area contributed by atoms with E-state index in [1.807, 2.05) is 24.3 Å². The molecule has 2 aromatic carbocycles. The summed E-state index contributed by atoms with van der Waals surface area (Å²) in [7, 11) is -2.31. The number of esters is 1. The quantitative estimate of drug-likeness (QED) is 0.643. The molecule has 1 fully saturated rings. The van der Waals surface area contributed by atoms with Gasteiger partial charge in [-0.3, -0.25) is 0 Å². The largest absolute Gasteiger partial charge is 0.495 e. The Morgan fingerprint density at radius 1 is 1.03 bits per heavy atom. The second-order valence-electron chi connectivity index (χ2n) is 8.50. The maximum atomic E-state index is 13.0. The van der Waals surface area contributed by atoms with Crippen LogP contribution in [0.4, 0.5) is 0 Å². The van der Waals surface area contributed by atoms with Gasteiger partial charge < -0.3 is 9.47 Å². The molecule has 3 rings (SSSR count). The zero-order valence-corrected chi connectivity index (χ0v) is 18.8. The second-order valence-corrected chi connectivity index (χ2v) is 10.4. The van der Waals surface area contributed by atoms with Gasteiger partial charge in [-0.25, -0.2) is 13.2 Å². The predicted octanol–water partition coefficient (Wildman–Crippen LogP) is 4.13. The third kappa shape index (κ3) is 4.84. The second kappa shape index (κ2) is 8.78. The minimum absolute atomic E-state index is 0.00381. The first-order valence-electron chi connectivity index (χ1n) is 10.1. The molecule has 0 unspecified atom stereocenters. The van der Waals surface area contributed by atoms with E-state index in [9.17, 15) is 13.2 Å². The first-order chi connectivity index (χ1) is 14.1. The van der Waals surface area contributed by atoms with Crippen molar-refractivity contribution >= 4 is 16.0 Å². The van der Waals surface area contributed by atoms with Crippen molar-refractivity contribution in [2.24, 2.45) is 0 Å². The highest BCUT2D eigenvalue weighted by molar-refractivity contribution is 7.89. The van der Waals surface area contributed by atoms with Gasteiger partial charge in [0.1, 0.15) is 17.3 Å². The van der Waals surface area contributed by atoms with E-state index < -0.39 is 16.0 Å². The van der Waals surface area contributed by atoms with Gasteiger partial charge in [0, 0.05) is 13.1 Å². The van der Waals surface area contributed by atoms with Gasteiger partial charge in [0.25, 0.3) is 0 Å². The molecule has 0 spiro atoms. The summed E-state index contributed by atoms with van der Waals surface area (Å²) in [5.41, 5.74) is 2.30. The summed E-state index contributed by atoms with van der Waals surface area (Å²) in [4.78, 5) is 12.6. The molecule has 0 aliphatic carbocycles. The van der Waals surface area contributed by atoms with Crippen molar-refractivity contribution in [2.45, 2.75) is 50.5 Å². The lowest BCUT2D eigenvalue weighted by Crippen LogP contribution is -2.28. The monoisotopic (exact) mass is 431 g/mol. The average molecular weight is 432 g/mol. The van der Waals surface area contributed by atoms with Gasteiger partial charge in [-0.2, -0.15) is 4.31 Å². The lowest BCUT2D eigenvalue weighted by atomic mass is 9.87. The SMILES string of the molecule is COc1ccc(C(=O)OCc2ccc(C(C)(C)C)cc2)cc1S(=O)(=O)N1CCCC1. The van der Waals surface area contributed by atoms with E-state index in [0.29, 0.717) is 13.1 Å². The molecule has 30 heavy (non-hydrogen) atoms. The van der Waals surface area contributed by atoms with Gasteiger partial charge in [-0.05, 0) is 47.6 Å². The molecule has 0 N–H and O–H groups in total. The molecule has 0 atom stereocenters. The van der Waals surface area contributed by atoms with Crippen LogP contribution in [0, 0.1) is 0 Å². The van der Waals surface area contributed by atoms with Crippen LogP contribution in [0.2, 0.25) is 0 Å². The molecule has 0 amide bonds. The fourth-order valence-electron chi connectivity index (χ4n) is 3.41. The summed E-state index contributed by atoms with van der Waals surface area (Å²) < 4.78 is 38.0. The van der Waals surface area contributed by atoms with Gasteiger partial charge in [-0.15, -0.1) is 0 Å². The first-order valence-corrected chi connectivity index (χ1v) is 11.5. The van der Waals surface area contributed by atoms with Crippen LogP contribution < -0.4 is 4.74 Å². The van der Waals surface area contributed by atoms with E-state index in [1.165, 1.54) is 35.2 Å². The van der Waals surface area contributed by atoms with E-state index in [-0.39, 0.29) is 28.2 Å². The van der Waals surface area contributed by atoms with Crippen molar-refractivity contribution in [2.75, 3.05) is 20.2 Å². The topological polar surface area (TPSA) is 72.9 Å². The van der Waals surface area contributed by atoms with E-state index in [0.717, 1.165) is 18.4 Å². The first kappa shape index (κ1) is 22.3. The number of rotatable bonds is 6. The molecule has 7 heteroatoms. The Hall–Kier alpha value is -2.38. The summed E-state index contributed by atoms with van der Waals surface area (Å²) in [6, 6.07) is 12.3. The highest BCUT2D eigenvalue weighted by Gasteiger charge is 2.30. The lowest BCUT2D eigenvalue weighted by molar-refractivity contribution is 0.0472. The fraction of sp³-hybridized carbons (Fsp3) is 0.435. The van der Waals surface area contributed by atoms with Crippen LogP contribution in [0.3, 0.4) is 0 Å². The van der Waals surface area contributed by atoms with E-state index in [2.05, 4.69) is 20.8 Å². The van der Waals surface area contributed by atoms with Gasteiger partial charge in [-0.1, -0.05) is 45.0 Å². The van der Waals surface area contributed by atoms with Crippen molar-refractivity contribution in [1.29, 1.82) is 0 Å². The maximum Gasteiger partial charge on any atom is 0.338 e. The van der Waals surface area contributed by atoms with Crippen molar-refractivity contribution in [1.82, 2.24) is 4.31 Å². The normalized spacial score (nSPS) is 15.2. The van der Waals surface area contributed by atoms with Crippen LogP contribution in [0.25, 0.3) is 0 Å². The number of sulfonamides is 1. The van der Waals surface area contributed by atoms with Gasteiger partial charge in [0.15, 0.2) is 0 Å². The molecular formula is C23H29NO5S. The Morgan fingerprint density at radius 2 is 1.67 bits per heavy atom. The summed E-state index contributed by atoms with van der Waals surface area (Å²) >= 11 is 0. The minimum Gasteiger partial charge on any atom is -0.495 e. The molecular weight excluding hydrogens is 402 g/mol. The predicted molar refractivity (Wildman–Crippen MR) is 115 cm³/mol. The third-order valence-electron chi connectivity index (χ3n) is 5.27. The van der Waals surface area contributed by atoms with Crippen LogP contribution in [0.15, 0.2) is 47.4 Å². The van der Waals surface area contributed by atoms with Crippen LogP contribution >= 0.6 is 0 Å². The van der Waals surface area contributed by atoms with Gasteiger partial charge >= 0.3 is 5.97 Å². The lowest BCUT2D eigenvalue weighted by Gasteiger charge is -2.19. The number of ether oxygens (including phenoxy) is 2.